The van der Waals surface area contributed by atoms with Crippen molar-refractivity contribution in [2.75, 3.05) is 19.6 Å². The summed E-state index contributed by atoms with van der Waals surface area (Å²) >= 11 is 5.90. The first-order valence-electron chi connectivity index (χ1n) is 6.14. The van der Waals surface area contributed by atoms with Gasteiger partial charge in [-0.15, -0.1) is 0 Å². The van der Waals surface area contributed by atoms with E-state index in [1.54, 1.807) is 6.92 Å². The van der Waals surface area contributed by atoms with Crippen molar-refractivity contribution in [3.05, 3.63) is 29.0 Å². The predicted octanol–water partition coefficient (Wildman–Crippen LogP) is 1.85. The van der Waals surface area contributed by atoms with Crippen molar-refractivity contribution in [1.82, 2.24) is 9.62 Å². The van der Waals surface area contributed by atoms with E-state index < -0.39 is 15.8 Å². The van der Waals surface area contributed by atoms with Crippen molar-refractivity contribution in [2.24, 2.45) is 0 Å². The van der Waals surface area contributed by atoms with E-state index >= 15 is 0 Å². The molecule has 0 spiro atoms. The standard InChI is InChI=1S/C12H16ClFN2O2S/c1-2-16(10-5-6-15-8-10)19(17,18)12-7-9(14)3-4-11(12)13/h3-4,7,10,15H,2,5-6,8H2,1H3. The van der Waals surface area contributed by atoms with E-state index in [0.717, 1.165) is 25.1 Å². The molecule has 106 valence electrons. The van der Waals surface area contributed by atoms with Crippen molar-refractivity contribution < 1.29 is 12.8 Å². The van der Waals surface area contributed by atoms with Crippen LogP contribution in [-0.2, 0) is 10.0 Å². The van der Waals surface area contributed by atoms with E-state index in [-0.39, 0.29) is 16.0 Å². The van der Waals surface area contributed by atoms with Crippen LogP contribution >= 0.6 is 11.6 Å². The molecule has 1 aliphatic rings. The number of rotatable bonds is 4. The monoisotopic (exact) mass is 306 g/mol. The van der Waals surface area contributed by atoms with Gasteiger partial charge in [0.05, 0.1) is 5.02 Å². The Morgan fingerprint density at radius 1 is 1.53 bits per heavy atom. The quantitative estimate of drug-likeness (QED) is 0.923. The fourth-order valence-corrected chi connectivity index (χ4v) is 4.46. The van der Waals surface area contributed by atoms with E-state index in [1.807, 2.05) is 0 Å². The molecule has 1 atom stereocenters. The lowest BCUT2D eigenvalue weighted by atomic mass is 10.3. The van der Waals surface area contributed by atoms with Crippen molar-refractivity contribution in [1.29, 1.82) is 0 Å². The van der Waals surface area contributed by atoms with E-state index in [1.165, 1.54) is 10.4 Å². The van der Waals surface area contributed by atoms with Gasteiger partial charge >= 0.3 is 0 Å². The van der Waals surface area contributed by atoms with Gasteiger partial charge in [0.1, 0.15) is 10.7 Å². The smallest absolute Gasteiger partial charge is 0.244 e. The van der Waals surface area contributed by atoms with Gasteiger partial charge in [-0.25, -0.2) is 12.8 Å². The minimum atomic E-state index is -3.77. The third-order valence-corrected chi connectivity index (χ3v) is 5.74. The second kappa shape index (κ2) is 5.75. The molecule has 1 fully saturated rings. The number of nitrogens with one attached hydrogen (secondary N) is 1. The lowest BCUT2D eigenvalue weighted by Crippen LogP contribution is -2.41. The molecule has 7 heteroatoms. The summed E-state index contributed by atoms with van der Waals surface area (Å²) in [7, 11) is -3.77. The molecule has 1 N–H and O–H groups in total. The fraction of sp³-hybridized carbons (Fsp3) is 0.500. The molecule has 1 aromatic carbocycles. The Bertz CT molecular complexity index is 559. The maximum Gasteiger partial charge on any atom is 0.244 e. The molecule has 2 rings (SSSR count). The number of hydrogen-bond acceptors (Lipinski definition) is 3. The molecule has 1 unspecified atom stereocenters. The molecular weight excluding hydrogens is 291 g/mol. The second-order valence-electron chi connectivity index (χ2n) is 4.43. The van der Waals surface area contributed by atoms with Crippen LogP contribution in [0.3, 0.4) is 0 Å². The van der Waals surface area contributed by atoms with E-state index in [4.69, 9.17) is 11.6 Å². The van der Waals surface area contributed by atoms with Crippen LogP contribution in [0.2, 0.25) is 5.02 Å². The van der Waals surface area contributed by atoms with Gasteiger partial charge in [-0.3, -0.25) is 0 Å². The fourth-order valence-electron chi connectivity index (χ4n) is 2.31. The molecule has 4 nitrogen and oxygen atoms in total. The largest absolute Gasteiger partial charge is 0.315 e. The summed E-state index contributed by atoms with van der Waals surface area (Å²) in [6.07, 6.45) is 0.750. The molecular formula is C12H16ClFN2O2S. The SMILES string of the molecule is CCN(C1CCNC1)S(=O)(=O)c1cc(F)ccc1Cl. The first-order chi connectivity index (χ1) is 8.96. The van der Waals surface area contributed by atoms with Gasteiger partial charge in [0.15, 0.2) is 0 Å². The molecule has 1 aromatic rings. The van der Waals surface area contributed by atoms with Gasteiger partial charge in [0.25, 0.3) is 0 Å². The molecule has 1 heterocycles. The maximum atomic E-state index is 13.3. The van der Waals surface area contributed by atoms with Crippen LogP contribution in [0.1, 0.15) is 13.3 Å². The highest BCUT2D eigenvalue weighted by Gasteiger charge is 2.33. The first kappa shape index (κ1) is 14.7. The molecule has 0 bridgehead atoms. The molecule has 1 saturated heterocycles. The highest BCUT2D eigenvalue weighted by molar-refractivity contribution is 7.89. The van der Waals surface area contributed by atoms with E-state index in [0.29, 0.717) is 13.1 Å². The zero-order chi connectivity index (χ0) is 14.0. The summed E-state index contributed by atoms with van der Waals surface area (Å²) in [5.41, 5.74) is 0. The number of halogens is 2. The Labute approximate surface area is 117 Å². The van der Waals surface area contributed by atoms with E-state index in [9.17, 15) is 12.8 Å². The van der Waals surface area contributed by atoms with E-state index in [2.05, 4.69) is 5.32 Å². The molecule has 19 heavy (non-hydrogen) atoms. The normalized spacial score (nSPS) is 20.1. The van der Waals surface area contributed by atoms with Crippen LogP contribution in [0.4, 0.5) is 4.39 Å². The summed E-state index contributed by atoms with van der Waals surface area (Å²) in [6.45, 7) is 3.50. The van der Waals surface area contributed by atoms with Crippen molar-refractivity contribution in [2.45, 2.75) is 24.3 Å². The number of hydrogen-bond donors (Lipinski definition) is 1. The molecule has 0 saturated carbocycles. The third-order valence-electron chi connectivity index (χ3n) is 3.23. The molecule has 0 radical (unpaired) electrons. The summed E-state index contributed by atoms with van der Waals surface area (Å²) in [4.78, 5) is -0.164. The summed E-state index contributed by atoms with van der Waals surface area (Å²) in [6, 6.07) is 3.29. The van der Waals surface area contributed by atoms with Gasteiger partial charge in [-0.05, 0) is 31.2 Å². The average Bonchev–Trinajstić information content (AvgIpc) is 2.86. The molecule has 1 aliphatic heterocycles. The Balaban J connectivity index is 2.42. The first-order valence-corrected chi connectivity index (χ1v) is 7.96. The van der Waals surface area contributed by atoms with Crippen LogP contribution in [-0.4, -0.2) is 38.4 Å². The van der Waals surface area contributed by atoms with Gasteiger partial charge in [-0.2, -0.15) is 4.31 Å². The van der Waals surface area contributed by atoms with Crippen LogP contribution < -0.4 is 5.32 Å². The van der Waals surface area contributed by atoms with Crippen molar-refractivity contribution >= 4 is 21.6 Å². The topological polar surface area (TPSA) is 49.4 Å². The Kier molecular flexibility index (Phi) is 4.45. The zero-order valence-electron chi connectivity index (χ0n) is 10.6. The number of likely N-dealkylation sites (N-methyl/N-ethyl adjacent to an activating group) is 1. The highest BCUT2D eigenvalue weighted by Crippen LogP contribution is 2.27. The lowest BCUT2D eigenvalue weighted by molar-refractivity contribution is 0.348. The summed E-state index contributed by atoms with van der Waals surface area (Å²) in [5, 5.41) is 3.17. The maximum absolute atomic E-state index is 13.3. The van der Waals surface area contributed by atoms with Crippen molar-refractivity contribution in [3.8, 4) is 0 Å². The highest BCUT2D eigenvalue weighted by atomic mass is 35.5. The van der Waals surface area contributed by atoms with Crippen LogP contribution in [0.5, 0.6) is 0 Å². The Morgan fingerprint density at radius 2 is 2.26 bits per heavy atom. The Hall–Kier alpha value is -0.690. The van der Waals surface area contributed by atoms with Crippen LogP contribution in [0.25, 0.3) is 0 Å². The third kappa shape index (κ3) is 2.91. The minimum Gasteiger partial charge on any atom is -0.315 e. The summed E-state index contributed by atoms with van der Waals surface area (Å²) in [5.74, 6) is -0.608. The van der Waals surface area contributed by atoms with Gasteiger partial charge in [0.2, 0.25) is 10.0 Å². The zero-order valence-corrected chi connectivity index (χ0v) is 12.1. The van der Waals surface area contributed by atoms with Crippen molar-refractivity contribution in [3.63, 3.8) is 0 Å². The number of benzene rings is 1. The van der Waals surface area contributed by atoms with Crippen LogP contribution in [0, 0.1) is 5.82 Å². The second-order valence-corrected chi connectivity index (χ2v) is 6.70. The average molecular weight is 307 g/mol. The molecule has 0 aliphatic carbocycles. The minimum absolute atomic E-state index is 0.0470. The predicted molar refractivity (Wildman–Crippen MR) is 72.3 cm³/mol. The van der Waals surface area contributed by atoms with Gasteiger partial charge < -0.3 is 5.32 Å². The van der Waals surface area contributed by atoms with Crippen LogP contribution in [0.15, 0.2) is 23.1 Å². The number of nitrogens with zero attached hydrogens (tertiary/aromatic N) is 1. The summed E-state index contributed by atoms with van der Waals surface area (Å²) < 4.78 is 39.8. The number of sulfonamides is 1. The molecule has 0 amide bonds. The van der Waals surface area contributed by atoms with Gasteiger partial charge in [0, 0.05) is 19.1 Å². The van der Waals surface area contributed by atoms with Gasteiger partial charge in [-0.1, -0.05) is 18.5 Å². The Morgan fingerprint density at radius 3 is 2.84 bits per heavy atom. The molecule has 0 aromatic heterocycles. The lowest BCUT2D eigenvalue weighted by Gasteiger charge is -2.26.